The van der Waals surface area contributed by atoms with Crippen molar-refractivity contribution in [3.05, 3.63) is 16.1 Å². The lowest BCUT2D eigenvalue weighted by Gasteiger charge is -2.21. The summed E-state index contributed by atoms with van der Waals surface area (Å²) < 4.78 is 10.9. The number of ether oxygens (including phenoxy) is 2. The van der Waals surface area contributed by atoms with Gasteiger partial charge in [-0.3, -0.25) is 4.79 Å². The first-order valence-corrected chi connectivity index (χ1v) is 7.97. The molecule has 0 amide bonds. The van der Waals surface area contributed by atoms with Crippen molar-refractivity contribution < 1.29 is 14.3 Å². The zero-order valence-electron chi connectivity index (χ0n) is 13.2. The fourth-order valence-corrected chi connectivity index (χ4v) is 3.05. The Labute approximate surface area is 125 Å². The molecule has 1 aromatic heterocycles. The lowest BCUT2D eigenvalue weighted by molar-refractivity contribution is -0.148. The Morgan fingerprint density at radius 3 is 2.50 bits per heavy atom. The van der Waals surface area contributed by atoms with E-state index >= 15 is 0 Å². The van der Waals surface area contributed by atoms with Gasteiger partial charge in [-0.2, -0.15) is 0 Å². The highest BCUT2D eigenvalue weighted by atomic mass is 32.1. The molecule has 5 heteroatoms. The van der Waals surface area contributed by atoms with Gasteiger partial charge in [0.15, 0.2) is 0 Å². The van der Waals surface area contributed by atoms with E-state index in [1.54, 1.807) is 11.3 Å². The van der Waals surface area contributed by atoms with Crippen LogP contribution in [0.5, 0.6) is 0 Å². The summed E-state index contributed by atoms with van der Waals surface area (Å²) >= 11 is 1.54. The maximum atomic E-state index is 12.0. The lowest BCUT2D eigenvalue weighted by atomic mass is 9.90. The van der Waals surface area contributed by atoms with E-state index in [0.29, 0.717) is 19.1 Å². The number of rotatable bonds is 7. The van der Waals surface area contributed by atoms with Crippen LogP contribution in [0.1, 0.15) is 58.3 Å². The van der Waals surface area contributed by atoms with E-state index in [0.717, 1.165) is 10.7 Å². The smallest absolute Gasteiger partial charge is 0.317 e. The topological polar surface area (TPSA) is 48.4 Å². The number of carbonyl (C=O) groups excluding carboxylic acids is 1. The molecule has 114 valence electrons. The molecule has 0 aliphatic rings. The van der Waals surface area contributed by atoms with Gasteiger partial charge in [0.25, 0.3) is 0 Å². The third-order valence-electron chi connectivity index (χ3n) is 3.14. The average molecular weight is 299 g/mol. The van der Waals surface area contributed by atoms with E-state index in [2.05, 4.69) is 18.8 Å². The molecular formula is C15H25NO3S. The molecule has 0 bridgehead atoms. The van der Waals surface area contributed by atoms with Gasteiger partial charge in [-0.1, -0.05) is 13.8 Å². The number of nitrogens with zero attached hydrogens (tertiary/aromatic N) is 1. The standard InChI is InChI=1S/C15H25NO3S/c1-7-18-12(10(3)4)13-16-11(9-20-13)15(5,6)14(17)19-8-2/h9-10,12H,7-8H2,1-6H3. The number of hydrogen-bond donors (Lipinski definition) is 0. The van der Waals surface area contributed by atoms with Crippen molar-refractivity contribution in [1.82, 2.24) is 4.98 Å². The highest BCUT2D eigenvalue weighted by Gasteiger charge is 2.34. The molecule has 0 aliphatic heterocycles. The van der Waals surface area contributed by atoms with Gasteiger partial charge in [0, 0.05) is 12.0 Å². The molecule has 0 aromatic carbocycles. The van der Waals surface area contributed by atoms with E-state index in [9.17, 15) is 4.79 Å². The van der Waals surface area contributed by atoms with Crippen molar-refractivity contribution in [3.63, 3.8) is 0 Å². The summed E-state index contributed by atoms with van der Waals surface area (Å²) in [5, 5.41) is 2.86. The molecule has 20 heavy (non-hydrogen) atoms. The second kappa shape index (κ2) is 7.18. The average Bonchev–Trinajstić information content (AvgIpc) is 2.85. The summed E-state index contributed by atoms with van der Waals surface area (Å²) in [6.45, 7) is 12.7. The second-order valence-electron chi connectivity index (χ2n) is 5.54. The van der Waals surface area contributed by atoms with Crippen LogP contribution in [0.4, 0.5) is 0 Å². The third-order valence-corrected chi connectivity index (χ3v) is 4.05. The number of esters is 1. The van der Waals surface area contributed by atoms with Crippen LogP contribution in [0.2, 0.25) is 0 Å². The van der Waals surface area contributed by atoms with Crippen LogP contribution in [0.25, 0.3) is 0 Å². The highest BCUT2D eigenvalue weighted by molar-refractivity contribution is 7.09. The van der Waals surface area contributed by atoms with Crippen LogP contribution in [0.15, 0.2) is 5.38 Å². The fourth-order valence-electron chi connectivity index (χ4n) is 1.85. The van der Waals surface area contributed by atoms with Crippen molar-refractivity contribution >= 4 is 17.3 Å². The monoisotopic (exact) mass is 299 g/mol. The molecule has 4 nitrogen and oxygen atoms in total. The van der Waals surface area contributed by atoms with Crippen LogP contribution in [0, 0.1) is 5.92 Å². The van der Waals surface area contributed by atoms with Gasteiger partial charge in [-0.05, 0) is 33.6 Å². The van der Waals surface area contributed by atoms with E-state index in [-0.39, 0.29) is 12.1 Å². The minimum atomic E-state index is -0.724. The van der Waals surface area contributed by atoms with Crippen LogP contribution in [0.3, 0.4) is 0 Å². The molecule has 1 heterocycles. The SMILES string of the molecule is CCOC(=O)C(C)(C)c1csc(C(OCC)C(C)C)n1. The zero-order chi connectivity index (χ0) is 15.3. The van der Waals surface area contributed by atoms with E-state index in [1.165, 1.54) is 0 Å². The van der Waals surface area contributed by atoms with Crippen molar-refractivity contribution in [2.24, 2.45) is 5.92 Å². The number of hydrogen-bond acceptors (Lipinski definition) is 5. The molecule has 1 atom stereocenters. The van der Waals surface area contributed by atoms with Gasteiger partial charge in [0.05, 0.1) is 12.3 Å². The first-order valence-electron chi connectivity index (χ1n) is 7.09. The Kier molecular flexibility index (Phi) is 6.14. The summed E-state index contributed by atoms with van der Waals surface area (Å²) in [5.41, 5.74) is 0.0275. The molecule has 0 spiro atoms. The maximum Gasteiger partial charge on any atom is 0.317 e. The lowest BCUT2D eigenvalue weighted by Crippen LogP contribution is -2.31. The summed E-state index contributed by atoms with van der Waals surface area (Å²) in [6.07, 6.45) is -0.0169. The van der Waals surface area contributed by atoms with Gasteiger partial charge in [-0.15, -0.1) is 11.3 Å². The summed E-state index contributed by atoms with van der Waals surface area (Å²) in [7, 11) is 0. The first-order chi connectivity index (χ1) is 9.34. The van der Waals surface area contributed by atoms with Crippen LogP contribution in [-0.2, 0) is 19.7 Å². The van der Waals surface area contributed by atoms with Crippen molar-refractivity contribution in [2.45, 2.75) is 53.1 Å². The Bertz CT molecular complexity index is 440. The largest absolute Gasteiger partial charge is 0.465 e. The molecule has 1 unspecified atom stereocenters. The van der Waals surface area contributed by atoms with E-state index < -0.39 is 5.41 Å². The van der Waals surface area contributed by atoms with Gasteiger partial charge in [-0.25, -0.2) is 4.98 Å². The van der Waals surface area contributed by atoms with Gasteiger partial charge in [0.2, 0.25) is 0 Å². The maximum absolute atomic E-state index is 12.0. The van der Waals surface area contributed by atoms with Gasteiger partial charge >= 0.3 is 5.97 Å². The van der Waals surface area contributed by atoms with Gasteiger partial charge in [0.1, 0.15) is 16.5 Å². The van der Waals surface area contributed by atoms with E-state index in [1.807, 2.05) is 33.1 Å². The van der Waals surface area contributed by atoms with Crippen molar-refractivity contribution in [3.8, 4) is 0 Å². The molecule has 0 radical (unpaired) electrons. The molecule has 1 aromatic rings. The minimum Gasteiger partial charge on any atom is -0.465 e. The third kappa shape index (κ3) is 3.79. The number of carbonyl (C=O) groups is 1. The van der Waals surface area contributed by atoms with Crippen LogP contribution < -0.4 is 0 Å². The Balaban J connectivity index is 2.98. The van der Waals surface area contributed by atoms with Crippen molar-refractivity contribution in [1.29, 1.82) is 0 Å². The Hall–Kier alpha value is -0.940. The molecule has 0 aliphatic carbocycles. The van der Waals surface area contributed by atoms with E-state index in [4.69, 9.17) is 9.47 Å². The molecule has 0 saturated heterocycles. The normalized spacial score (nSPS) is 13.6. The zero-order valence-corrected chi connectivity index (χ0v) is 14.0. The van der Waals surface area contributed by atoms with Crippen LogP contribution >= 0.6 is 11.3 Å². The fraction of sp³-hybridized carbons (Fsp3) is 0.733. The Morgan fingerprint density at radius 1 is 1.35 bits per heavy atom. The molecule has 0 saturated carbocycles. The minimum absolute atomic E-state index is 0.0169. The summed E-state index contributed by atoms with van der Waals surface area (Å²) in [5.74, 6) is 0.106. The molecule has 0 N–H and O–H groups in total. The molecular weight excluding hydrogens is 274 g/mol. The summed E-state index contributed by atoms with van der Waals surface area (Å²) in [4.78, 5) is 16.6. The Morgan fingerprint density at radius 2 is 2.00 bits per heavy atom. The molecule has 1 rings (SSSR count). The van der Waals surface area contributed by atoms with Crippen LogP contribution in [-0.4, -0.2) is 24.2 Å². The highest BCUT2D eigenvalue weighted by Crippen LogP contribution is 2.32. The second-order valence-corrected chi connectivity index (χ2v) is 6.43. The predicted octanol–water partition coefficient (Wildman–Crippen LogP) is 3.72. The van der Waals surface area contributed by atoms with Gasteiger partial charge < -0.3 is 9.47 Å². The molecule has 0 fully saturated rings. The quantitative estimate of drug-likeness (QED) is 0.720. The summed E-state index contributed by atoms with van der Waals surface area (Å²) in [6, 6.07) is 0. The number of aromatic nitrogens is 1. The number of thiazole rings is 1. The van der Waals surface area contributed by atoms with Crippen molar-refractivity contribution in [2.75, 3.05) is 13.2 Å². The first kappa shape index (κ1) is 17.1. The predicted molar refractivity (Wildman–Crippen MR) is 81.0 cm³/mol.